The molecule has 32 heavy (non-hydrogen) atoms. The molecule has 166 valence electrons. The van der Waals surface area contributed by atoms with E-state index in [-0.39, 0.29) is 17.6 Å². The molecule has 0 radical (unpaired) electrons. The van der Waals surface area contributed by atoms with Crippen LogP contribution in [0, 0.1) is 5.82 Å². The van der Waals surface area contributed by atoms with Crippen LogP contribution >= 0.6 is 0 Å². The molecule has 1 amide bonds. The minimum Gasteiger partial charge on any atom is -0.494 e. The van der Waals surface area contributed by atoms with Crippen LogP contribution < -0.4 is 4.74 Å². The van der Waals surface area contributed by atoms with E-state index < -0.39 is 5.82 Å². The molecule has 3 aromatic rings. The van der Waals surface area contributed by atoms with Gasteiger partial charge in [0.15, 0.2) is 11.6 Å². The zero-order chi connectivity index (χ0) is 22.2. The molecule has 1 aliphatic heterocycles. The number of hydrogen-bond acceptors (Lipinski definition) is 6. The predicted octanol–water partition coefficient (Wildman–Crippen LogP) is 2.74. The van der Waals surface area contributed by atoms with Gasteiger partial charge in [-0.2, -0.15) is 5.10 Å². The van der Waals surface area contributed by atoms with Crippen LogP contribution in [0.2, 0.25) is 0 Å². The van der Waals surface area contributed by atoms with E-state index >= 15 is 0 Å². The zero-order valence-electron chi connectivity index (χ0n) is 18.2. The van der Waals surface area contributed by atoms with Crippen molar-refractivity contribution in [1.29, 1.82) is 0 Å². The van der Waals surface area contributed by atoms with Gasteiger partial charge in [0, 0.05) is 43.9 Å². The fourth-order valence-corrected chi connectivity index (χ4v) is 4.05. The van der Waals surface area contributed by atoms with Crippen molar-refractivity contribution in [3.8, 4) is 23.0 Å². The van der Waals surface area contributed by atoms with Gasteiger partial charge in [-0.15, -0.1) is 0 Å². The number of rotatable bonds is 5. The number of nitrogens with zero attached hydrogens (tertiary/aromatic N) is 6. The summed E-state index contributed by atoms with van der Waals surface area (Å²) in [5.74, 6) is 0.383. The van der Waals surface area contributed by atoms with Gasteiger partial charge in [-0.3, -0.25) is 4.79 Å². The highest BCUT2D eigenvalue weighted by Gasteiger charge is 2.35. The summed E-state index contributed by atoms with van der Waals surface area (Å²) in [6.07, 6.45) is 5.29. The van der Waals surface area contributed by atoms with Crippen LogP contribution in [0.1, 0.15) is 34.8 Å². The summed E-state index contributed by atoms with van der Waals surface area (Å²) in [5.41, 5.74) is 2.68. The SMILES string of the molecule is COc1ccc(-c2ccnc(-n3ncc(C(=O)N4CCN(C)CC4)c3C3CC3)n2)cc1F. The number of piperazine rings is 1. The minimum atomic E-state index is -0.456. The average Bonchev–Trinajstić information content (AvgIpc) is 3.56. The molecule has 0 unspecified atom stereocenters. The van der Waals surface area contributed by atoms with Gasteiger partial charge >= 0.3 is 0 Å². The van der Waals surface area contributed by atoms with E-state index in [0.717, 1.165) is 31.6 Å². The average molecular weight is 436 g/mol. The second-order valence-electron chi connectivity index (χ2n) is 8.32. The van der Waals surface area contributed by atoms with Crippen LogP contribution in [0.15, 0.2) is 36.7 Å². The molecule has 2 aromatic heterocycles. The monoisotopic (exact) mass is 436 g/mol. The first-order valence-electron chi connectivity index (χ1n) is 10.8. The number of methoxy groups -OCH3 is 1. The Morgan fingerprint density at radius 1 is 1.16 bits per heavy atom. The lowest BCUT2D eigenvalue weighted by atomic mass is 10.1. The Bertz CT molecular complexity index is 1150. The van der Waals surface area contributed by atoms with Crippen molar-refractivity contribution in [2.75, 3.05) is 40.3 Å². The van der Waals surface area contributed by atoms with Crippen molar-refractivity contribution in [1.82, 2.24) is 29.5 Å². The first kappa shape index (κ1) is 20.6. The molecule has 1 aromatic carbocycles. The first-order chi connectivity index (χ1) is 15.5. The Morgan fingerprint density at radius 2 is 1.94 bits per heavy atom. The van der Waals surface area contributed by atoms with Crippen molar-refractivity contribution >= 4 is 5.91 Å². The molecule has 0 spiro atoms. The van der Waals surface area contributed by atoms with E-state index in [2.05, 4.69) is 27.0 Å². The number of carbonyl (C=O) groups is 1. The number of carbonyl (C=O) groups excluding carboxylic acids is 1. The maximum Gasteiger partial charge on any atom is 0.257 e. The van der Waals surface area contributed by atoms with E-state index in [1.165, 1.54) is 13.2 Å². The lowest BCUT2D eigenvalue weighted by Gasteiger charge is -2.32. The van der Waals surface area contributed by atoms with Gasteiger partial charge in [-0.1, -0.05) is 0 Å². The van der Waals surface area contributed by atoms with Crippen LogP contribution in [-0.2, 0) is 0 Å². The maximum absolute atomic E-state index is 14.2. The number of benzene rings is 1. The van der Waals surface area contributed by atoms with Crippen LogP contribution in [0.5, 0.6) is 5.75 Å². The van der Waals surface area contributed by atoms with Gasteiger partial charge in [-0.25, -0.2) is 19.0 Å². The molecule has 1 saturated heterocycles. The highest BCUT2D eigenvalue weighted by Crippen LogP contribution is 2.42. The number of amides is 1. The number of ether oxygens (including phenoxy) is 1. The Kier molecular flexibility index (Phi) is 5.34. The molecule has 0 N–H and O–H groups in total. The number of halogens is 1. The molecule has 9 heteroatoms. The largest absolute Gasteiger partial charge is 0.494 e. The first-order valence-corrected chi connectivity index (χ1v) is 10.8. The molecule has 0 bridgehead atoms. The highest BCUT2D eigenvalue weighted by atomic mass is 19.1. The van der Waals surface area contributed by atoms with Crippen molar-refractivity contribution < 1.29 is 13.9 Å². The quantitative estimate of drug-likeness (QED) is 0.612. The topological polar surface area (TPSA) is 76.4 Å². The van der Waals surface area contributed by atoms with E-state index in [9.17, 15) is 9.18 Å². The molecule has 5 rings (SSSR count). The summed E-state index contributed by atoms with van der Waals surface area (Å²) < 4.78 is 20.9. The number of likely N-dealkylation sites (N-methyl/N-ethyl adjacent to an activating group) is 1. The summed E-state index contributed by atoms with van der Waals surface area (Å²) in [6.45, 7) is 3.14. The fraction of sp³-hybridized carbons (Fsp3) is 0.391. The third kappa shape index (κ3) is 3.84. The second-order valence-corrected chi connectivity index (χ2v) is 8.32. The van der Waals surface area contributed by atoms with Gasteiger partial charge in [0.25, 0.3) is 11.9 Å². The van der Waals surface area contributed by atoms with Gasteiger partial charge in [-0.05, 0) is 44.2 Å². The van der Waals surface area contributed by atoms with Crippen molar-refractivity contribution in [2.45, 2.75) is 18.8 Å². The summed E-state index contributed by atoms with van der Waals surface area (Å²) in [5, 5.41) is 4.50. The Labute approximate surface area is 185 Å². The Balaban J connectivity index is 1.49. The third-order valence-corrected chi connectivity index (χ3v) is 6.07. The fourth-order valence-electron chi connectivity index (χ4n) is 4.05. The van der Waals surface area contributed by atoms with Crippen LogP contribution in [0.4, 0.5) is 4.39 Å². The summed E-state index contributed by atoms with van der Waals surface area (Å²) in [6, 6.07) is 6.43. The standard InChI is InChI=1S/C23H25FN6O2/c1-28-9-11-29(12-10-28)22(31)17-14-26-30(21(17)15-3-4-15)23-25-8-7-19(27-23)16-5-6-20(32-2)18(24)13-16/h5-8,13-15H,3-4,9-12H2,1-2H3. The molecular weight excluding hydrogens is 411 g/mol. The molecule has 2 aliphatic rings. The molecule has 2 fully saturated rings. The van der Waals surface area contributed by atoms with E-state index in [1.807, 2.05) is 4.90 Å². The maximum atomic E-state index is 14.2. The van der Waals surface area contributed by atoms with E-state index in [0.29, 0.717) is 35.9 Å². The molecule has 1 aliphatic carbocycles. The number of hydrogen-bond donors (Lipinski definition) is 0. The van der Waals surface area contributed by atoms with Crippen LogP contribution in [-0.4, -0.2) is 75.8 Å². The lowest BCUT2D eigenvalue weighted by molar-refractivity contribution is 0.0663. The normalized spacial score (nSPS) is 16.9. The van der Waals surface area contributed by atoms with Gasteiger partial charge in [0.1, 0.15) is 0 Å². The van der Waals surface area contributed by atoms with Crippen molar-refractivity contribution in [3.05, 3.63) is 53.7 Å². The van der Waals surface area contributed by atoms with Gasteiger partial charge in [0.2, 0.25) is 0 Å². The number of aromatic nitrogens is 4. The minimum absolute atomic E-state index is 0.0135. The summed E-state index contributed by atoms with van der Waals surface area (Å²) >= 11 is 0. The molecular formula is C23H25FN6O2. The van der Waals surface area contributed by atoms with Crippen LogP contribution in [0.3, 0.4) is 0 Å². The van der Waals surface area contributed by atoms with Gasteiger partial charge in [0.05, 0.1) is 30.3 Å². The molecule has 8 nitrogen and oxygen atoms in total. The second kappa shape index (κ2) is 8.31. The van der Waals surface area contributed by atoms with Gasteiger partial charge < -0.3 is 14.5 Å². The van der Waals surface area contributed by atoms with Crippen molar-refractivity contribution in [3.63, 3.8) is 0 Å². The molecule has 0 atom stereocenters. The zero-order valence-corrected chi connectivity index (χ0v) is 18.2. The van der Waals surface area contributed by atoms with Crippen molar-refractivity contribution in [2.24, 2.45) is 0 Å². The Morgan fingerprint density at radius 3 is 2.62 bits per heavy atom. The Hall–Kier alpha value is -3.33. The molecule has 3 heterocycles. The predicted molar refractivity (Wildman–Crippen MR) is 116 cm³/mol. The summed E-state index contributed by atoms with van der Waals surface area (Å²) in [7, 11) is 3.49. The van der Waals surface area contributed by atoms with E-state index in [1.54, 1.807) is 35.3 Å². The smallest absolute Gasteiger partial charge is 0.257 e. The highest BCUT2D eigenvalue weighted by molar-refractivity contribution is 5.95. The van der Waals surface area contributed by atoms with Crippen LogP contribution in [0.25, 0.3) is 17.2 Å². The summed E-state index contributed by atoms with van der Waals surface area (Å²) in [4.78, 5) is 26.4. The third-order valence-electron chi connectivity index (χ3n) is 6.07. The lowest BCUT2D eigenvalue weighted by Crippen LogP contribution is -2.47. The van der Waals surface area contributed by atoms with E-state index in [4.69, 9.17) is 4.74 Å². The molecule has 1 saturated carbocycles.